The minimum absolute atomic E-state index is 0.0776. The predicted molar refractivity (Wildman–Crippen MR) is 120 cm³/mol. The molecule has 2 heterocycles. The highest BCUT2D eigenvalue weighted by molar-refractivity contribution is 6.30. The van der Waals surface area contributed by atoms with Crippen LogP contribution in [0.25, 0.3) is 5.69 Å². The van der Waals surface area contributed by atoms with E-state index in [0.717, 1.165) is 24.9 Å². The second-order valence-corrected chi connectivity index (χ2v) is 10.1. The average Bonchev–Trinajstić information content (AvgIpc) is 3.20. The van der Waals surface area contributed by atoms with Crippen molar-refractivity contribution in [1.29, 1.82) is 0 Å². The van der Waals surface area contributed by atoms with Crippen molar-refractivity contribution in [2.45, 2.75) is 48.8 Å². The average molecular weight is 470 g/mol. The molecule has 4 aliphatic rings. The van der Waals surface area contributed by atoms with Crippen LogP contribution in [0.5, 0.6) is 5.75 Å². The Morgan fingerprint density at radius 2 is 1.84 bits per heavy atom. The molecule has 2 atom stereocenters. The third-order valence-electron chi connectivity index (χ3n) is 7.03. The monoisotopic (exact) mass is 469 g/mol. The highest BCUT2D eigenvalue weighted by Crippen LogP contribution is 2.67. The number of amides is 1. The van der Waals surface area contributed by atoms with E-state index in [9.17, 15) is 9.90 Å². The molecule has 6 nitrogen and oxygen atoms in total. The predicted octanol–water partition coefficient (Wildman–Crippen LogP) is 4.35. The van der Waals surface area contributed by atoms with Gasteiger partial charge in [0.05, 0.1) is 18.0 Å². The molecule has 1 amide bonds. The number of carbonyl (C=O) groups is 1. The van der Waals surface area contributed by atoms with E-state index in [1.807, 2.05) is 35.1 Å². The Labute approximate surface area is 195 Å². The van der Waals surface area contributed by atoms with Crippen LogP contribution in [0, 0.1) is 0 Å². The SMILES string of the molecule is O=C(NC12CC(c3cnn(-c4ccc(Cl)cc4)c3)(C1)C2)[C@@H]1C[C@@H](O)c2cc(Cl)ccc2O1. The fraction of sp³-hybridized carbons (Fsp3) is 0.333. The van der Waals surface area contributed by atoms with Gasteiger partial charge in [0.25, 0.3) is 5.91 Å². The Bertz CT molecular complexity index is 1200. The summed E-state index contributed by atoms with van der Waals surface area (Å²) in [5.74, 6) is 0.340. The number of nitrogens with zero attached hydrogens (tertiary/aromatic N) is 2. The molecular formula is C24H21Cl2N3O3. The van der Waals surface area contributed by atoms with Gasteiger partial charge in [0.15, 0.2) is 6.10 Å². The lowest BCUT2D eigenvalue weighted by Crippen LogP contribution is -2.77. The van der Waals surface area contributed by atoms with Crippen molar-refractivity contribution in [2.24, 2.45) is 0 Å². The summed E-state index contributed by atoms with van der Waals surface area (Å²) in [5.41, 5.74) is 2.68. The molecule has 32 heavy (non-hydrogen) atoms. The molecule has 3 aliphatic carbocycles. The van der Waals surface area contributed by atoms with Crippen molar-refractivity contribution in [1.82, 2.24) is 15.1 Å². The lowest BCUT2D eigenvalue weighted by molar-refractivity contribution is -0.146. The second kappa shape index (κ2) is 6.98. The quantitative estimate of drug-likeness (QED) is 0.595. The molecule has 3 fully saturated rings. The van der Waals surface area contributed by atoms with Crippen LogP contribution in [-0.2, 0) is 10.2 Å². The molecule has 8 heteroatoms. The molecule has 0 unspecified atom stereocenters. The van der Waals surface area contributed by atoms with Gasteiger partial charge in [0.2, 0.25) is 0 Å². The van der Waals surface area contributed by atoms with Gasteiger partial charge in [-0.05, 0) is 67.3 Å². The molecule has 3 saturated carbocycles. The summed E-state index contributed by atoms with van der Waals surface area (Å²) in [5, 5.41) is 19.4. The Balaban J connectivity index is 1.10. The number of carbonyl (C=O) groups excluding carboxylic acids is 1. The number of halogens is 2. The van der Waals surface area contributed by atoms with Gasteiger partial charge in [0.1, 0.15) is 5.75 Å². The van der Waals surface area contributed by atoms with Crippen LogP contribution in [0.1, 0.15) is 42.9 Å². The van der Waals surface area contributed by atoms with Gasteiger partial charge < -0.3 is 15.2 Å². The van der Waals surface area contributed by atoms with Crippen LogP contribution in [-0.4, -0.2) is 32.4 Å². The summed E-state index contributed by atoms with van der Waals surface area (Å²) in [6.07, 6.45) is 5.38. The smallest absolute Gasteiger partial charge is 0.261 e. The Morgan fingerprint density at radius 1 is 1.12 bits per heavy atom. The number of rotatable bonds is 4. The second-order valence-electron chi connectivity index (χ2n) is 9.27. The number of hydrogen-bond donors (Lipinski definition) is 2. The number of aromatic nitrogens is 2. The van der Waals surface area contributed by atoms with Crippen molar-refractivity contribution in [3.05, 3.63) is 76.0 Å². The van der Waals surface area contributed by atoms with Crippen LogP contribution in [0.2, 0.25) is 10.0 Å². The molecule has 2 bridgehead atoms. The normalized spacial score (nSPS) is 29.8. The Hall–Kier alpha value is -2.54. The maximum absolute atomic E-state index is 12.9. The zero-order chi connectivity index (χ0) is 22.1. The number of benzene rings is 2. The van der Waals surface area contributed by atoms with E-state index >= 15 is 0 Å². The van der Waals surface area contributed by atoms with Gasteiger partial charge in [-0.25, -0.2) is 4.68 Å². The van der Waals surface area contributed by atoms with Crippen LogP contribution >= 0.6 is 23.2 Å². The summed E-state index contributed by atoms with van der Waals surface area (Å²) in [4.78, 5) is 12.9. The fourth-order valence-electron chi connectivity index (χ4n) is 5.48. The van der Waals surface area contributed by atoms with Gasteiger partial charge in [-0.15, -0.1) is 0 Å². The maximum Gasteiger partial charge on any atom is 0.261 e. The van der Waals surface area contributed by atoms with Crippen molar-refractivity contribution < 1.29 is 14.6 Å². The number of nitrogens with one attached hydrogen (secondary N) is 1. The first-order valence-corrected chi connectivity index (χ1v) is 11.4. The van der Waals surface area contributed by atoms with E-state index in [0.29, 0.717) is 21.4 Å². The van der Waals surface area contributed by atoms with Crippen LogP contribution in [0.3, 0.4) is 0 Å². The molecule has 2 N–H and O–H groups in total. The van der Waals surface area contributed by atoms with Crippen molar-refractivity contribution in [3.63, 3.8) is 0 Å². The Kier molecular flexibility index (Phi) is 4.38. The summed E-state index contributed by atoms with van der Waals surface area (Å²) < 4.78 is 7.73. The zero-order valence-corrected chi connectivity index (χ0v) is 18.6. The van der Waals surface area contributed by atoms with E-state index in [1.165, 1.54) is 5.56 Å². The summed E-state index contributed by atoms with van der Waals surface area (Å²) >= 11 is 12.0. The molecule has 164 valence electrons. The molecule has 7 rings (SSSR count). The molecule has 2 aromatic carbocycles. The molecule has 0 radical (unpaired) electrons. The Morgan fingerprint density at radius 3 is 2.59 bits per heavy atom. The van der Waals surface area contributed by atoms with Gasteiger partial charge in [-0.2, -0.15) is 5.10 Å². The zero-order valence-electron chi connectivity index (χ0n) is 17.1. The summed E-state index contributed by atoms with van der Waals surface area (Å²) in [6.45, 7) is 0. The van der Waals surface area contributed by atoms with E-state index in [1.54, 1.807) is 18.2 Å². The van der Waals surface area contributed by atoms with Gasteiger partial charge in [0, 0.05) is 39.2 Å². The molecule has 1 aliphatic heterocycles. The van der Waals surface area contributed by atoms with Gasteiger partial charge >= 0.3 is 0 Å². The fourth-order valence-corrected chi connectivity index (χ4v) is 5.79. The first-order valence-electron chi connectivity index (χ1n) is 10.6. The van der Waals surface area contributed by atoms with Crippen molar-refractivity contribution >= 4 is 29.1 Å². The van der Waals surface area contributed by atoms with E-state index in [4.69, 9.17) is 27.9 Å². The van der Waals surface area contributed by atoms with Gasteiger partial charge in [-0.3, -0.25) is 4.79 Å². The minimum atomic E-state index is -0.772. The summed E-state index contributed by atoms with van der Waals surface area (Å²) in [7, 11) is 0. The topological polar surface area (TPSA) is 76.4 Å². The molecule has 3 aromatic rings. The highest BCUT2D eigenvalue weighted by atomic mass is 35.5. The lowest BCUT2D eigenvalue weighted by atomic mass is 9.37. The van der Waals surface area contributed by atoms with Crippen molar-refractivity contribution in [3.8, 4) is 11.4 Å². The lowest BCUT2D eigenvalue weighted by Gasteiger charge is -2.70. The number of aliphatic hydroxyl groups excluding tert-OH is 1. The molecule has 1 aromatic heterocycles. The van der Waals surface area contributed by atoms with E-state index < -0.39 is 12.2 Å². The molecule has 0 saturated heterocycles. The number of ether oxygens (including phenoxy) is 1. The highest BCUT2D eigenvalue weighted by Gasteiger charge is 2.69. The standard InChI is InChI=1S/C24H21Cl2N3O3/c25-15-1-4-17(5-2-15)29-10-14(9-27-29)23-11-24(12-23,13-23)28-22(31)21-8-19(30)18-7-16(26)3-6-20(18)32-21/h1-7,9-10,19,21,30H,8,11-13H2,(H,28,31)/t19-,21+,23?,24?/m1/s1. The van der Waals surface area contributed by atoms with E-state index in [-0.39, 0.29) is 23.3 Å². The van der Waals surface area contributed by atoms with Crippen LogP contribution in [0.4, 0.5) is 0 Å². The van der Waals surface area contributed by atoms with Gasteiger partial charge in [-0.1, -0.05) is 23.2 Å². The third-order valence-corrected chi connectivity index (χ3v) is 7.52. The number of aliphatic hydroxyl groups is 1. The third kappa shape index (κ3) is 3.12. The molecule has 0 spiro atoms. The number of fused-ring (bicyclic) bond motifs is 1. The van der Waals surface area contributed by atoms with E-state index in [2.05, 4.69) is 16.6 Å². The summed E-state index contributed by atoms with van der Waals surface area (Å²) in [6, 6.07) is 12.7. The first-order chi connectivity index (χ1) is 15.3. The maximum atomic E-state index is 12.9. The first kappa shape index (κ1) is 20.1. The largest absolute Gasteiger partial charge is 0.480 e. The minimum Gasteiger partial charge on any atom is -0.480 e. The number of hydrogen-bond acceptors (Lipinski definition) is 4. The van der Waals surface area contributed by atoms with Crippen molar-refractivity contribution in [2.75, 3.05) is 0 Å². The van der Waals surface area contributed by atoms with Crippen LogP contribution in [0.15, 0.2) is 54.9 Å². The molecular weight excluding hydrogens is 449 g/mol. The van der Waals surface area contributed by atoms with Crippen LogP contribution < -0.4 is 10.1 Å².